The van der Waals surface area contributed by atoms with Crippen LogP contribution in [0.5, 0.6) is 0 Å². The van der Waals surface area contributed by atoms with Gasteiger partial charge in [-0.15, -0.1) is 0 Å². The molecule has 0 radical (unpaired) electrons. The zero-order valence-corrected chi connectivity index (χ0v) is 11.5. The number of hydrogen-bond acceptors (Lipinski definition) is 2. The molecule has 96 valence electrons. The topological polar surface area (TPSA) is 49.3 Å². The van der Waals surface area contributed by atoms with Crippen molar-refractivity contribution in [3.05, 3.63) is 0 Å². The van der Waals surface area contributed by atoms with Crippen LogP contribution in [0.4, 0.5) is 0 Å². The number of nitrogens with one attached hydrogen (secondary N) is 1. The molecule has 0 spiro atoms. The minimum Gasteiger partial charge on any atom is -0.396 e. The molecule has 3 heteroatoms. The lowest BCUT2D eigenvalue weighted by atomic mass is 9.84. The maximum Gasteiger partial charge on any atom is 0.223 e. The van der Waals surface area contributed by atoms with E-state index in [-0.39, 0.29) is 29.9 Å². The summed E-state index contributed by atoms with van der Waals surface area (Å²) in [6.07, 6.45) is 0.611. The van der Waals surface area contributed by atoms with Crippen molar-refractivity contribution >= 4 is 5.91 Å². The minimum atomic E-state index is -0.0188. The largest absolute Gasteiger partial charge is 0.396 e. The molecule has 0 aliphatic carbocycles. The molecule has 0 saturated heterocycles. The molecular weight excluding hydrogens is 202 g/mol. The fourth-order valence-electron chi connectivity index (χ4n) is 1.46. The van der Waals surface area contributed by atoms with Crippen molar-refractivity contribution in [2.75, 3.05) is 6.61 Å². The molecule has 16 heavy (non-hydrogen) atoms. The molecule has 0 fully saturated rings. The van der Waals surface area contributed by atoms with E-state index in [4.69, 9.17) is 5.11 Å². The number of carbonyl (C=O) groups excluding carboxylic acids is 1. The normalized spacial score (nSPS) is 16.0. The van der Waals surface area contributed by atoms with Gasteiger partial charge in [0, 0.05) is 18.6 Å². The average Bonchev–Trinajstić information content (AvgIpc) is 2.14. The van der Waals surface area contributed by atoms with Crippen molar-refractivity contribution in [2.24, 2.45) is 17.3 Å². The monoisotopic (exact) mass is 229 g/mol. The SMILES string of the molecule is CC(C)C(C)C(=O)NC(CCO)C(C)(C)C. The van der Waals surface area contributed by atoms with E-state index in [2.05, 4.69) is 26.1 Å². The molecule has 0 aliphatic heterocycles. The Bertz CT molecular complexity index is 218. The van der Waals surface area contributed by atoms with Gasteiger partial charge in [-0.25, -0.2) is 0 Å². The van der Waals surface area contributed by atoms with Crippen LogP contribution in [0.25, 0.3) is 0 Å². The highest BCUT2D eigenvalue weighted by Crippen LogP contribution is 2.22. The predicted octanol–water partition coefficient (Wildman–Crippen LogP) is 2.19. The predicted molar refractivity (Wildman–Crippen MR) is 67.1 cm³/mol. The summed E-state index contributed by atoms with van der Waals surface area (Å²) >= 11 is 0. The second-order valence-corrected chi connectivity index (χ2v) is 5.97. The summed E-state index contributed by atoms with van der Waals surface area (Å²) in [5.41, 5.74) is -0.0188. The van der Waals surface area contributed by atoms with Gasteiger partial charge in [0.2, 0.25) is 5.91 Å². The highest BCUT2D eigenvalue weighted by molar-refractivity contribution is 5.78. The van der Waals surface area contributed by atoms with E-state index < -0.39 is 0 Å². The molecule has 0 aliphatic rings. The summed E-state index contributed by atoms with van der Waals surface area (Å²) in [5.74, 6) is 0.446. The van der Waals surface area contributed by atoms with Gasteiger partial charge in [-0.3, -0.25) is 4.79 Å². The molecule has 1 amide bonds. The summed E-state index contributed by atoms with van der Waals surface area (Å²) in [5, 5.41) is 12.0. The zero-order chi connectivity index (χ0) is 12.9. The second-order valence-electron chi connectivity index (χ2n) is 5.97. The van der Waals surface area contributed by atoms with Gasteiger partial charge in [0.15, 0.2) is 0 Å². The number of hydrogen-bond donors (Lipinski definition) is 2. The van der Waals surface area contributed by atoms with Gasteiger partial charge >= 0.3 is 0 Å². The average molecular weight is 229 g/mol. The number of carbonyl (C=O) groups is 1. The molecule has 0 saturated carbocycles. The number of amides is 1. The van der Waals surface area contributed by atoms with Crippen molar-refractivity contribution in [3.63, 3.8) is 0 Å². The molecule has 2 N–H and O–H groups in total. The first kappa shape index (κ1) is 15.4. The number of aliphatic hydroxyl groups is 1. The van der Waals surface area contributed by atoms with Crippen LogP contribution in [0.15, 0.2) is 0 Å². The molecule has 0 bridgehead atoms. The van der Waals surface area contributed by atoms with Crippen LogP contribution in [0.1, 0.15) is 48.0 Å². The van der Waals surface area contributed by atoms with Crippen molar-refractivity contribution in [2.45, 2.75) is 54.0 Å². The van der Waals surface area contributed by atoms with Gasteiger partial charge in [0.1, 0.15) is 0 Å². The maximum absolute atomic E-state index is 11.9. The van der Waals surface area contributed by atoms with E-state index in [1.807, 2.05) is 20.8 Å². The third-order valence-electron chi connectivity index (χ3n) is 3.19. The molecule has 0 aromatic rings. The smallest absolute Gasteiger partial charge is 0.223 e. The number of aliphatic hydroxyl groups excluding tert-OH is 1. The van der Waals surface area contributed by atoms with Crippen LogP contribution in [0, 0.1) is 17.3 Å². The fraction of sp³-hybridized carbons (Fsp3) is 0.923. The molecule has 0 heterocycles. The molecule has 3 nitrogen and oxygen atoms in total. The highest BCUT2D eigenvalue weighted by Gasteiger charge is 2.27. The summed E-state index contributed by atoms with van der Waals surface area (Å²) in [4.78, 5) is 11.9. The second kappa shape index (κ2) is 6.24. The Balaban J connectivity index is 4.46. The molecular formula is C13H27NO2. The van der Waals surface area contributed by atoms with Crippen molar-refractivity contribution in [1.29, 1.82) is 0 Å². The minimum absolute atomic E-state index is 0.0172. The van der Waals surface area contributed by atoms with E-state index in [0.717, 1.165) is 0 Å². The van der Waals surface area contributed by atoms with Gasteiger partial charge in [-0.05, 0) is 17.8 Å². The lowest BCUT2D eigenvalue weighted by Crippen LogP contribution is -2.46. The molecule has 2 atom stereocenters. The van der Waals surface area contributed by atoms with Gasteiger partial charge in [0.25, 0.3) is 0 Å². The molecule has 0 aromatic heterocycles. The Labute approximate surface area is 99.6 Å². The van der Waals surface area contributed by atoms with E-state index in [1.165, 1.54) is 0 Å². The first-order valence-electron chi connectivity index (χ1n) is 6.11. The highest BCUT2D eigenvalue weighted by atomic mass is 16.3. The third kappa shape index (κ3) is 4.97. The van der Waals surface area contributed by atoms with E-state index in [9.17, 15) is 4.79 Å². The Morgan fingerprint density at radius 3 is 2.06 bits per heavy atom. The first-order chi connectivity index (χ1) is 7.20. The van der Waals surface area contributed by atoms with Gasteiger partial charge in [-0.1, -0.05) is 41.5 Å². The van der Waals surface area contributed by atoms with E-state index >= 15 is 0 Å². The van der Waals surface area contributed by atoms with Crippen LogP contribution in [-0.2, 0) is 4.79 Å². The Morgan fingerprint density at radius 1 is 1.25 bits per heavy atom. The third-order valence-corrected chi connectivity index (χ3v) is 3.19. The Hall–Kier alpha value is -0.570. The van der Waals surface area contributed by atoms with Crippen LogP contribution in [0.3, 0.4) is 0 Å². The summed E-state index contributed by atoms with van der Waals surface area (Å²) in [6.45, 7) is 12.4. The van der Waals surface area contributed by atoms with E-state index in [0.29, 0.717) is 12.3 Å². The Kier molecular flexibility index (Phi) is 6.01. The van der Waals surface area contributed by atoms with Crippen LogP contribution >= 0.6 is 0 Å². The van der Waals surface area contributed by atoms with Gasteiger partial charge < -0.3 is 10.4 Å². The first-order valence-corrected chi connectivity index (χ1v) is 6.11. The van der Waals surface area contributed by atoms with Crippen LogP contribution < -0.4 is 5.32 Å². The maximum atomic E-state index is 11.9. The quantitative estimate of drug-likeness (QED) is 0.759. The van der Waals surface area contributed by atoms with Crippen molar-refractivity contribution in [1.82, 2.24) is 5.32 Å². The van der Waals surface area contributed by atoms with Crippen molar-refractivity contribution < 1.29 is 9.90 Å². The van der Waals surface area contributed by atoms with Gasteiger partial charge in [0.05, 0.1) is 0 Å². The zero-order valence-electron chi connectivity index (χ0n) is 11.5. The lowest BCUT2D eigenvalue weighted by Gasteiger charge is -2.32. The Morgan fingerprint density at radius 2 is 1.75 bits per heavy atom. The summed E-state index contributed by atoms with van der Waals surface area (Å²) in [7, 11) is 0. The van der Waals surface area contributed by atoms with Gasteiger partial charge in [-0.2, -0.15) is 0 Å². The molecule has 0 rings (SSSR count). The van der Waals surface area contributed by atoms with Crippen LogP contribution in [-0.4, -0.2) is 23.7 Å². The van der Waals surface area contributed by atoms with Crippen molar-refractivity contribution in [3.8, 4) is 0 Å². The molecule has 2 unspecified atom stereocenters. The fourth-order valence-corrected chi connectivity index (χ4v) is 1.46. The standard InChI is InChI=1S/C13H27NO2/c1-9(2)10(3)12(16)14-11(7-8-15)13(4,5)6/h9-11,15H,7-8H2,1-6H3,(H,14,16). The summed E-state index contributed by atoms with van der Waals surface area (Å²) < 4.78 is 0. The molecule has 0 aromatic carbocycles. The number of rotatable bonds is 5. The summed E-state index contributed by atoms with van der Waals surface area (Å²) in [6, 6.07) is 0.0335. The lowest BCUT2D eigenvalue weighted by molar-refractivity contribution is -0.127. The van der Waals surface area contributed by atoms with E-state index in [1.54, 1.807) is 0 Å². The van der Waals surface area contributed by atoms with Crippen LogP contribution in [0.2, 0.25) is 0 Å².